The lowest BCUT2D eigenvalue weighted by Gasteiger charge is -2.11. The van der Waals surface area contributed by atoms with Gasteiger partial charge in [0.25, 0.3) is 0 Å². The SMILES string of the molecule is CCO/C(=C\C(=C\c1cc(-c2ccc(OC)cc2)[o+]c(-c2ccc(OC)cc2)c1)c1ccccc1)c1ccccc1. The first-order valence-electron chi connectivity index (χ1n) is 13.6. The Morgan fingerprint density at radius 3 is 1.59 bits per heavy atom. The van der Waals surface area contributed by atoms with Crippen molar-refractivity contribution in [1.82, 2.24) is 0 Å². The van der Waals surface area contributed by atoms with Gasteiger partial charge in [-0.25, -0.2) is 4.42 Å². The molecule has 0 unspecified atom stereocenters. The molecule has 41 heavy (non-hydrogen) atoms. The minimum Gasteiger partial charge on any atom is -0.497 e. The van der Waals surface area contributed by atoms with Crippen LogP contribution in [0.2, 0.25) is 0 Å². The van der Waals surface area contributed by atoms with Crippen LogP contribution < -0.4 is 9.47 Å². The Hall–Kier alpha value is -5.09. The van der Waals surface area contributed by atoms with Gasteiger partial charge < -0.3 is 14.2 Å². The largest absolute Gasteiger partial charge is 0.497 e. The Balaban J connectivity index is 1.68. The first-order valence-corrected chi connectivity index (χ1v) is 13.6. The third-order valence-corrected chi connectivity index (χ3v) is 6.64. The van der Waals surface area contributed by atoms with Crippen molar-refractivity contribution in [3.63, 3.8) is 0 Å². The lowest BCUT2D eigenvalue weighted by molar-refractivity contribution is 0.298. The van der Waals surface area contributed by atoms with Crippen LogP contribution >= 0.6 is 0 Å². The lowest BCUT2D eigenvalue weighted by Crippen LogP contribution is -1.93. The van der Waals surface area contributed by atoms with Crippen molar-refractivity contribution in [1.29, 1.82) is 0 Å². The summed E-state index contributed by atoms with van der Waals surface area (Å²) in [6, 6.07) is 40.4. The Morgan fingerprint density at radius 2 is 1.12 bits per heavy atom. The molecule has 0 radical (unpaired) electrons. The number of ether oxygens (including phenoxy) is 3. The zero-order valence-electron chi connectivity index (χ0n) is 23.5. The van der Waals surface area contributed by atoms with E-state index in [2.05, 4.69) is 48.6 Å². The maximum atomic E-state index is 6.46. The molecule has 0 spiro atoms. The Kier molecular flexibility index (Phi) is 8.92. The summed E-state index contributed by atoms with van der Waals surface area (Å²) in [4.78, 5) is 0. The molecule has 4 heteroatoms. The van der Waals surface area contributed by atoms with Crippen molar-refractivity contribution >= 4 is 17.4 Å². The number of hydrogen-bond acceptors (Lipinski definition) is 3. The van der Waals surface area contributed by atoms with Gasteiger partial charge in [0, 0.05) is 5.56 Å². The second kappa shape index (κ2) is 13.3. The molecule has 0 atom stereocenters. The molecule has 5 rings (SSSR count). The van der Waals surface area contributed by atoms with Crippen molar-refractivity contribution in [3.05, 3.63) is 144 Å². The van der Waals surface area contributed by atoms with Crippen LogP contribution in [0, 0.1) is 0 Å². The lowest BCUT2D eigenvalue weighted by atomic mass is 9.99. The summed E-state index contributed by atoms with van der Waals surface area (Å²) < 4.78 is 23.3. The van der Waals surface area contributed by atoms with Gasteiger partial charge in [-0.1, -0.05) is 60.7 Å². The number of methoxy groups -OCH3 is 2. The maximum Gasteiger partial charge on any atom is 0.361 e. The van der Waals surface area contributed by atoms with Gasteiger partial charge >= 0.3 is 11.5 Å². The Bertz CT molecular complexity index is 1550. The fraction of sp³-hybridized carbons (Fsp3) is 0.108. The van der Waals surface area contributed by atoms with Gasteiger partial charge in [-0.3, -0.25) is 0 Å². The van der Waals surface area contributed by atoms with Crippen molar-refractivity contribution in [3.8, 4) is 34.1 Å². The smallest absolute Gasteiger partial charge is 0.361 e. The predicted octanol–water partition coefficient (Wildman–Crippen LogP) is 9.53. The Labute approximate surface area is 241 Å². The molecule has 4 aromatic carbocycles. The molecule has 0 saturated carbocycles. The van der Waals surface area contributed by atoms with Crippen LogP contribution in [0.3, 0.4) is 0 Å². The molecule has 204 valence electrons. The van der Waals surface area contributed by atoms with E-state index >= 15 is 0 Å². The van der Waals surface area contributed by atoms with E-state index in [-0.39, 0.29) is 0 Å². The summed E-state index contributed by atoms with van der Waals surface area (Å²) in [5, 5.41) is 0. The van der Waals surface area contributed by atoms with E-state index in [1.807, 2.05) is 91.9 Å². The van der Waals surface area contributed by atoms with Gasteiger partial charge in [-0.2, -0.15) is 0 Å². The fourth-order valence-electron chi connectivity index (χ4n) is 4.53. The normalized spacial score (nSPS) is 11.7. The van der Waals surface area contributed by atoms with Gasteiger partial charge in [-0.05, 0) is 84.3 Å². The number of allylic oxidation sites excluding steroid dienone is 2. The average Bonchev–Trinajstić information content (AvgIpc) is 3.05. The second-order valence-corrected chi connectivity index (χ2v) is 9.35. The standard InChI is InChI=1S/C37H33O4/c1-4-40-35(29-13-9-6-10-14-29)26-32(28-11-7-5-8-12-28)23-27-24-36(30-15-19-33(38-2)20-16-30)41-37(25-27)31-17-21-34(39-3)22-18-31/h5-26H,4H2,1-3H3/q+1/b32-23-,35-26-. The highest BCUT2D eigenvalue weighted by atomic mass is 16.5. The monoisotopic (exact) mass is 541 g/mol. The molecule has 0 saturated heterocycles. The highest BCUT2D eigenvalue weighted by molar-refractivity contribution is 5.92. The quantitative estimate of drug-likeness (QED) is 0.100. The van der Waals surface area contributed by atoms with Gasteiger partial charge in [0.2, 0.25) is 0 Å². The fourth-order valence-corrected chi connectivity index (χ4v) is 4.53. The van der Waals surface area contributed by atoms with Gasteiger partial charge in [-0.15, -0.1) is 0 Å². The summed E-state index contributed by atoms with van der Waals surface area (Å²) in [6.07, 6.45) is 4.28. The molecule has 5 aromatic rings. The van der Waals surface area contributed by atoms with Gasteiger partial charge in [0.15, 0.2) is 0 Å². The van der Waals surface area contributed by atoms with Crippen LogP contribution in [0.25, 0.3) is 40.1 Å². The molecular formula is C37H33O4+. The van der Waals surface area contributed by atoms with Crippen LogP contribution in [0.1, 0.15) is 23.6 Å². The van der Waals surface area contributed by atoms with Crippen molar-refractivity contribution in [2.24, 2.45) is 0 Å². The van der Waals surface area contributed by atoms with Crippen LogP contribution in [-0.4, -0.2) is 20.8 Å². The minimum atomic E-state index is 0.566. The highest BCUT2D eigenvalue weighted by Crippen LogP contribution is 2.33. The first kappa shape index (κ1) is 27.5. The van der Waals surface area contributed by atoms with Crippen LogP contribution in [-0.2, 0) is 4.74 Å². The summed E-state index contributed by atoms with van der Waals surface area (Å²) in [5.41, 5.74) is 6.02. The van der Waals surface area contributed by atoms with E-state index in [1.54, 1.807) is 14.2 Å². The molecular weight excluding hydrogens is 508 g/mol. The minimum absolute atomic E-state index is 0.566. The van der Waals surface area contributed by atoms with E-state index in [0.717, 1.165) is 62.2 Å². The summed E-state index contributed by atoms with van der Waals surface area (Å²) >= 11 is 0. The molecule has 0 fully saturated rings. The molecule has 1 heterocycles. The van der Waals surface area contributed by atoms with Crippen molar-refractivity contribution < 1.29 is 18.6 Å². The third kappa shape index (κ3) is 6.92. The van der Waals surface area contributed by atoms with E-state index < -0.39 is 0 Å². The zero-order chi connectivity index (χ0) is 28.4. The zero-order valence-corrected chi connectivity index (χ0v) is 23.5. The van der Waals surface area contributed by atoms with E-state index in [4.69, 9.17) is 18.6 Å². The van der Waals surface area contributed by atoms with Crippen LogP contribution in [0.4, 0.5) is 0 Å². The van der Waals surface area contributed by atoms with Crippen molar-refractivity contribution in [2.75, 3.05) is 20.8 Å². The maximum absolute atomic E-state index is 6.46. The van der Waals surface area contributed by atoms with E-state index in [0.29, 0.717) is 6.61 Å². The number of benzene rings is 4. The Morgan fingerprint density at radius 1 is 0.634 bits per heavy atom. The van der Waals surface area contributed by atoms with Crippen LogP contribution in [0.15, 0.2) is 132 Å². The first-order chi connectivity index (χ1) is 20.2. The highest BCUT2D eigenvalue weighted by Gasteiger charge is 2.20. The molecule has 0 aliphatic heterocycles. The molecule has 0 amide bonds. The molecule has 0 bridgehead atoms. The van der Waals surface area contributed by atoms with Gasteiger partial charge in [0.1, 0.15) is 17.3 Å². The predicted molar refractivity (Wildman–Crippen MR) is 167 cm³/mol. The number of rotatable bonds is 10. The topological polar surface area (TPSA) is 39.0 Å². The average molecular weight is 542 g/mol. The third-order valence-electron chi connectivity index (χ3n) is 6.64. The van der Waals surface area contributed by atoms with Crippen molar-refractivity contribution in [2.45, 2.75) is 6.92 Å². The molecule has 4 nitrogen and oxygen atoms in total. The van der Waals surface area contributed by atoms with E-state index in [9.17, 15) is 0 Å². The summed E-state index contributed by atoms with van der Waals surface area (Å²) in [7, 11) is 3.33. The molecule has 1 aromatic heterocycles. The van der Waals surface area contributed by atoms with Gasteiger partial charge in [0.05, 0.1) is 44.1 Å². The van der Waals surface area contributed by atoms with E-state index in [1.165, 1.54) is 0 Å². The number of hydrogen-bond donors (Lipinski definition) is 0. The summed E-state index contributed by atoms with van der Waals surface area (Å²) in [5.74, 6) is 3.89. The second-order valence-electron chi connectivity index (χ2n) is 9.35. The molecule has 0 N–H and O–H groups in total. The molecule has 0 aliphatic carbocycles. The molecule has 0 aliphatic rings. The summed E-state index contributed by atoms with van der Waals surface area (Å²) in [6.45, 7) is 2.57. The van der Waals surface area contributed by atoms with Crippen LogP contribution in [0.5, 0.6) is 11.5 Å².